The molecule has 1 amide bonds. The molecule has 0 saturated heterocycles. The standard InChI is InChI=1S/C19H20ClNO4/c1-13-11-15(25-12-19(23)24-2)8-9-17(13)21-18(22)10-7-14-5-3-4-6-16(14)20/h3-6,8-9,11H,7,10,12H2,1-2H3,(H,21,22). The molecule has 6 heteroatoms. The largest absolute Gasteiger partial charge is 0.482 e. The number of methoxy groups -OCH3 is 1. The van der Waals surface area contributed by atoms with E-state index in [0.717, 1.165) is 11.1 Å². The summed E-state index contributed by atoms with van der Waals surface area (Å²) in [4.78, 5) is 23.2. The lowest BCUT2D eigenvalue weighted by molar-refractivity contribution is -0.142. The molecule has 0 aliphatic heterocycles. The lowest BCUT2D eigenvalue weighted by Crippen LogP contribution is -2.14. The summed E-state index contributed by atoms with van der Waals surface area (Å²) in [6.45, 7) is 1.70. The van der Waals surface area contributed by atoms with Gasteiger partial charge in [0.25, 0.3) is 0 Å². The van der Waals surface area contributed by atoms with Gasteiger partial charge in [-0.2, -0.15) is 0 Å². The van der Waals surface area contributed by atoms with Gasteiger partial charge in [0.2, 0.25) is 5.91 Å². The van der Waals surface area contributed by atoms with Crippen molar-refractivity contribution in [3.8, 4) is 5.75 Å². The van der Waals surface area contributed by atoms with Crippen molar-refractivity contribution in [1.29, 1.82) is 0 Å². The monoisotopic (exact) mass is 361 g/mol. The van der Waals surface area contributed by atoms with Crippen LogP contribution >= 0.6 is 11.6 Å². The summed E-state index contributed by atoms with van der Waals surface area (Å²) in [5.41, 5.74) is 2.49. The van der Waals surface area contributed by atoms with E-state index in [2.05, 4.69) is 10.1 Å². The molecule has 0 saturated carbocycles. The summed E-state index contributed by atoms with van der Waals surface area (Å²) in [5.74, 6) is -0.00202. The summed E-state index contributed by atoms with van der Waals surface area (Å²) in [7, 11) is 1.30. The molecular weight excluding hydrogens is 342 g/mol. The predicted molar refractivity (Wildman–Crippen MR) is 97.1 cm³/mol. The molecule has 0 atom stereocenters. The molecule has 0 aliphatic carbocycles. The normalized spacial score (nSPS) is 10.2. The minimum absolute atomic E-state index is 0.0914. The molecule has 2 rings (SSSR count). The molecule has 0 radical (unpaired) electrons. The second kappa shape index (κ2) is 9.08. The minimum Gasteiger partial charge on any atom is -0.482 e. The Kier molecular flexibility index (Phi) is 6.83. The van der Waals surface area contributed by atoms with E-state index in [4.69, 9.17) is 16.3 Å². The Morgan fingerprint density at radius 1 is 1.16 bits per heavy atom. The maximum absolute atomic E-state index is 12.1. The molecule has 1 N–H and O–H groups in total. The first-order chi connectivity index (χ1) is 12.0. The van der Waals surface area contributed by atoms with Crippen molar-refractivity contribution in [1.82, 2.24) is 0 Å². The number of halogens is 1. The van der Waals surface area contributed by atoms with Crippen LogP contribution in [-0.4, -0.2) is 25.6 Å². The van der Waals surface area contributed by atoms with Crippen LogP contribution < -0.4 is 10.1 Å². The van der Waals surface area contributed by atoms with Crippen LogP contribution in [0.1, 0.15) is 17.5 Å². The third-order valence-electron chi connectivity index (χ3n) is 3.64. The molecule has 2 aromatic carbocycles. The van der Waals surface area contributed by atoms with Crippen LogP contribution in [-0.2, 0) is 20.7 Å². The number of ether oxygens (including phenoxy) is 2. The van der Waals surface area contributed by atoms with Crippen molar-refractivity contribution in [2.75, 3.05) is 19.0 Å². The van der Waals surface area contributed by atoms with Crippen LogP contribution in [0, 0.1) is 6.92 Å². The Morgan fingerprint density at radius 2 is 1.92 bits per heavy atom. The topological polar surface area (TPSA) is 64.6 Å². The van der Waals surface area contributed by atoms with Crippen LogP contribution in [0.5, 0.6) is 5.75 Å². The fourth-order valence-electron chi connectivity index (χ4n) is 2.23. The fraction of sp³-hybridized carbons (Fsp3) is 0.263. The molecule has 0 spiro atoms. The highest BCUT2D eigenvalue weighted by atomic mass is 35.5. The maximum Gasteiger partial charge on any atom is 0.343 e. The number of carbonyl (C=O) groups excluding carboxylic acids is 2. The highest BCUT2D eigenvalue weighted by Crippen LogP contribution is 2.22. The molecule has 2 aromatic rings. The summed E-state index contributed by atoms with van der Waals surface area (Å²) in [5, 5.41) is 3.54. The highest BCUT2D eigenvalue weighted by Gasteiger charge is 2.09. The van der Waals surface area contributed by atoms with Gasteiger partial charge in [-0.25, -0.2) is 4.79 Å². The van der Waals surface area contributed by atoms with E-state index in [0.29, 0.717) is 29.3 Å². The number of hydrogen-bond donors (Lipinski definition) is 1. The average Bonchev–Trinajstić information content (AvgIpc) is 2.61. The number of aryl methyl sites for hydroxylation is 2. The van der Waals surface area contributed by atoms with Gasteiger partial charge in [0.05, 0.1) is 7.11 Å². The third-order valence-corrected chi connectivity index (χ3v) is 4.00. The zero-order chi connectivity index (χ0) is 18.2. The zero-order valence-electron chi connectivity index (χ0n) is 14.2. The van der Waals surface area contributed by atoms with E-state index < -0.39 is 5.97 Å². The van der Waals surface area contributed by atoms with Crippen LogP contribution in [0.4, 0.5) is 5.69 Å². The first kappa shape index (κ1) is 18.8. The summed E-state index contributed by atoms with van der Waals surface area (Å²) >= 11 is 6.09. The number of rotatable bonds is 7. The smallest absolute Gasteiger partial charge is 0.343 e. The summed E-state index contributed by atoms with van der Waals surface area (Å²) < 4.78 is 9.84. The van der Waals surface area contributed by atoms with Gasteiger partial charge in [0, 0.05) is 17.1 Å². The number of benzene rings is 2. The first-order valence-corrected chi connectivity index (χ1v) is 8.21. The van der Waals surface area contributed by atoms with Gasteiger partial charge < -0.3 is 14.8 Å². The van der Waals surface area contributed by atoms with Gasteiger partial charge in [0.1, 0.15) is 5.75 Å². The molecule has 0 unspecified atom stereocenters. The van der Waals surface area contributed by atoms with Crippen molar-refractivity contribution in [3.63, 3.8) is 0 Å². The first-order valence-electron chi connectivity index (χ1n) is 7.83. The minimum atomic E-state index is -0.449. The van der Waals surface area contributed by atoms with E-state index in [1.54, 1.807) is 18.2 Å². The summed E-state index contributed by atoms with van der Waals surface area (Å²) in [6.07, 6.45) is 0.911. The number of esters is 1. The van der Waals surface area contributed by atoms with Crippen LogP contribution in [0.25, 0.3) is 0 Å². The SMILES string of the molecule is COC(=O)COc1ccc(NC(=O)CCc2ccccc2Cl)c(C)c1. The molecule has 25 heavy (non-hydrogen) atoms. The molecular formula is C19H20ClNO4. The van der Waals surface area contributed by atoms with Crippen molar-refractivity contribution < 1.29 is 19.1 Å². The van der Waals surface area contributed by atoms with Gasteiger partial charge in [-0.05, 0) is 48.7 Å². The Labute approximate surface area is 151 Å². The van der Waals surface area contributed by atoms with E-state index >= 15 is 0 Å². The Bertz CT molecular complexity index is 761. The lowest BCUT2D eigenvalue weighted by Gasteiger charge is -2.11. The van der Waals surface area contributed by atoms with Crippen molar-refractivity contribution in [2.24, 2.45) is 0 Å². The van der Waals surface area contributed by atoms with Gasteiger partial charge in [0.15, 0.2) is 6.61 Å². The molecule has 5 nitrogen and oxygen atoms in total. The van der Waals surface area contributed by atoms with E-state index in [1.807, 2.05) is 31.2 Å². The van der Waals surface area contributed by atoms with Crippen LogP contribution in [0.3, 0.4) is 0 Å². The second-order valence-electron chi connectivity index (χ2n) is 5.48. The lowest BCUT2D eigenvalue weighted by atomic mass is 10.1. The van der Waals surface area contributed by atoms with Gasteiger partial charge in [-0.1, -0.05) is 29.8 Å². The third kappa shape index (κ3) is 5.80. The number of carbonyl (C=O) groups is 2. The highest BCUT2D eigenvalue weighted by molar-refractivity contribution is 6.31. The number of amides is 1. The van der Waals surface area contributed by atoms with Crippen molar-refractivity contribution in [3.05, 3.63) is 58.6 Å². The number of hydrogen-bond acceptors (Lipinski definition) is 4. The molecule has 0 aliphatic rings. The Morgan fingerprint density at radius 3 is 2.60 bits per heavy atom. The zero-order valence-corrected chi connectivity index (χ0v) is 14.9. The Balaban J connectivity index is 1.90. The maximum atomic E-state index is 12.1. The fourth-order valence-corrected chi connectivity index (χ4v) is 2.46. The molecule has 0 aromatic heterocycles. The van der Waals surface area contributed by atoms with Gasteiger partial charge in [-0.3, -0.25) is 4.79 Å². The van der Waals surface area contributed by atoms with Crippen molar-refractivity contribution >= 4 is 29.2 Å². The Hall–Kier alpha value is -2.53. The predicted octanol–water partition coefficient (Wildman–Crippen LogP) is 3.77. The second-order valence-corrected chi connectivity index (χ2v) is 5.89. The van der Waals surface area contributed by atoms with E-state index in [9.17, 15) is 9.59 Å². The van der Waals surface area contributed by atoms with E-state index in [-0.39, 0.29) is 12.5 Å². The van der Waals surface area contributed by atoms with Crippen molar-refractivity contribution in [2.45, 2.75) is 19.8 Å². The molecule has 0 fully saturated rings. The summed E-state index contributed by atoms with van der Waals surface area (Å²) in [6, 6.07) is 12.7. The van der Waals surface area contributed by atoms with Gasteiger partial charge in [-0.15, -0.1) is 0 Å². The van der Waals surface area contributed by atoms with E-state index in [1.165, 1.54) is 7.11 Å². The van der Waals surface area contributed by atoms with Crippen LogP contribution in [0.15, 0.2) is 42.5 Å². The van der Waals surface area contributed by atoms with Crippen LogP contribution in [0.2, 0.25) is 5.02 Å². The quantitative estimate of drug-likeness (QED) is 0.762. The molecule has 0 bridgehead atoms. The average molecular weight is 362 g/mol. The number of anilines is 1. The number of nitrogens with one attached hydrogen (secondary N) is 1. The molecule has 132 valence electrons. The van der Waals surface area contributed by atoms with Gasteiger partial charge >= 0.3 is 5.97 Å². The molecule has 0 heterocycles.